The molecule has 0 radical (unpaired) electrons. The molecule has 4 nitrogen and oxygen atoms in total. The molecular weight excluding hydrogens is 285 g/mol. The van der Waals surface area contributed by atoms with Gasteiger partial charge in [0.1, 0.15) is 10.7 Å². The molecule has 0 N–H and O–H groups in total. The third kappa shape index (κ3) is 3.92. The molecule has 0 atom stereocenters. The number of hydrogen-bond donors (Lipinski definition) is 0. The molecule has 0 fully saturated rings. The van der Waals surface area contributed by atoms with E-state index in [1.807, 2.05) is 0 Å². The fourth-order valence-corrected chi connectivity index (χ4v) is 1.33. The van der Waals surface area contributed by atoms with Crippen LogP contribution in [0.25, 0.3) is 0 Å². The standard InChI is InChI=1S/C11H10ClF3N2O2/c1-6(2)10(12)16-7-3-4-9(17(18)19)8(5-7)11(13,14)15/h3-6H,1-2H3. The van der Waals surface area contributed by atoms with E-state index >= 15 is 0 Å². The summed E-state index contributed by atoms with van der Waals surface area (Å²) in [6, 6.07) is 2.51. The second kappa shape index (κ2) is 5.56. The van der Waals surface area contributed by atoms with Crippen molar-refractivity contribution in [1.29, 1.82) is 0 Å². The molecule has 0 spiro atoms. The van der Waals surface area contributed by atoms with Gasteiger partial charge in [0.15, 0.2) is 0 Å². The lowest BCUT2D eigenvalue weighted by Crippen LogP contribution is -2.08. The molecule has 0 aromatic heterocycles. The van der Waals surface area contributed by atoms with E-state index in [9.17, 15) is 23.3 Å². The average Bonchev–Trinajstić information content (AvgIpc) is 2.27. The molecule has 0 unspecified atom stereocenters. The molecule has 1 aromatic rings. The minimum absolute atomic E-state index is 0.0726. The maximum atomic E-state index is 12.7. The van der Waals surface area contributed by atoms with E-state index in [1.54, 1.807) is 13.8 Å². The third-order valence-corrected chi connectivity index (χ3v) is 2.72. The van der Waals surface area contributed by atoms with Crippen molar-refractivity contribution in [2.45, 2.75) is 20.0 Å². The molecule has 0 amide bonds. The molecule has 104 valence electrons. The SMILES string of the molecule is CC(C)C(Cl)=Nc1ccc([N+](=O)[O-])c(C(F)(F)F)c1. The topological polar surface area (TPSA) is 55.5 Å². The van der Waals surface area contributed by atoms with Crippen molar-refractivity contribution in [3.63, 3.8) is 0 Å². The lowest BCUT2D eigenvalue weighted by Gasteiger charge is -2.08. The van der Waals surface area contributed by atoms with E-state index in [0.717, 1.165) is 12.1 Å². The number of aliphatic imine (C=N–C) groups is 1. The van der Waals surface area contributed by atoms with Gasteiger partial charge in [-0.05, 0) is 12.1 Å². The highest BCUT2D eigenvalue weighted by atomic mass is 35.5. The van der Waals surface area contributed by atoms with Gasteiger partial charge in [-0.2, -0.15) is 13.2 Å². The fourth-order valence-electron chi connectivity index (χ4n) is 1.23. The van der Waals surface area contributed by atoms with Gasteiger partial charge in [-0.25, -0.2) is 4.99 Å². The summed E-state index contributed by atoms with van der Waals surface area (Å²) in [5.41, 5.74) is -2.42. The zero-order chi connectivity index (χ0) is 14.8. The van der Waals surface area contributed by atoms with Crippen molar-refractivity contribution in [3.8, 4) is 0 Å². The maximum Gasteiger partial charge on any atom is 0.423 e. The van der Waals surface area contributed by atoms with E-state index in [-0.39, 0.29) is 16.8 Å². The minimum Gasteiger partial charge on any atom is -0.258 e. The summed E-state index contributed by atoms with van der Waals surface area (Å²) in [4.78, 5) is 13.3. The highest BCUT2D eigenvalue weighted by Crippen LogP contribution is 2.38. The van der Waals surface area contributed by atoms with Crippen LogP contribution in [0.1, 0.15) is 19.4 Å². The molecule has 0 saturated carbocycles. The van der Waals surface area contributed by atoms with Gasteiger partial charge < -0.3 is 0 Å². The Balaban J connectivity index is 3.35. The van der Waals surface area contributed by atoms with Crippen LogP contribution in [0.2, 0.25) is 0 Å². The van der Waals surface area contributed by atoms with E-state index in [0.29, 0.717) is 6.07 Å². The maximum absolute atomic E-state index is 12.7. The fraction of sp³-hybridized carbons (Fsp3) is 0.364. The van der Waals surface area contributed by atoms with Gasteiger partial charge in [-0.3, -0.25) is 10.1 Å². The molecule has 0 heterocycles. The predicted molar refractivity (Wildman–Crippen MR) is 65.9 cm³/mol. The first-order valence-electron chi connectivity index (χ1n) is 5.22. The monoisotopic (exact) mass is 294 g/mol. The zero-order valence-corrected chi connectivity index (χ0v) is 10.8. The molecule has 0 aliphatic carbocycles. The van der Waals surface area contributed by atoms with Crippen molar-refractivity contribution in [1.82, 2.24) is 0 Å². The van der Waals surface area contributed by atoms with E-state index in [1.165, 1.54) is 0 Å². The molecule has 0 aliphatic heterocycles. The number of hydrogen-bond acceptors (Lipinski definition) is 3. The Morgan fingerprint density at radius 3 is 2.42 bits per heavy atom. The number of nitro groups is 1. The number of nitro benzene ring substituents is 1. The minimum atomic E-state index is -4.82. The molecule has 0 saturated heterocycles. The molecule has 0 aliphatic rings. The van der Waals surface area contributed by atoms with Gasteiger partial charge in [-0.15, -0.1) is 0 Å². The number of rotatable bonds is 3. The first-order chi connectivity index (χ1) is 8.62. The van der Waals surface area contributed by atoms with Crippen LogP contribution in [0.15, 0.2) is 23.2 Å². The van der Waals surface area contributed by atoms with Crippen molar-refractivity contribution >= 4 is 28.1 Å². The predicted octanol–water partition coefficient (Wildman–Crippen LogP) is 4.54. The summed E-state index contributed by atoms with van der Waals surface area (Å²) in [6.45, 7) is 3.45. The van der Waals surface area contributed by atoms with Gasteiger partial charge in [0.05, 0.1) is 10.6 Å². The third-order valence-electron chi connectivity index (χ3n) is 2.19. The van der Waals surface area contributed by atoms with Crippen LogP contribution < -0.4 is 0 Å². The van der Waals surface area contributed by atoms with E-state index in [4.69, 9.17) is 11.6 Å². The Morgan fingerprint density at radius 2 is 2.00 bits per heavy atom. The molecular formula is C11H10ClF3N2O2. The van der Waals surface area contributed by atoms with Crippen LogP contribution in [0.3, 0.4) is 0 Å². The quantitative estimate of drug-likeness (QED) is 0.467. The first kappa shape index (κ1) is 15.4. The van der Waals surface area contributed by atoms with Crippen LogP contribution in [0, 0.1) is 16.0 Å². The summed E-state index contributed by atoms with van der Waals surface area (Å²) in [5.74, 6) is -0.147. The molecule has 1 rings (SSSR count). The smallest absolute Gasteiger partial charge is 0.258 e. The zero-order valence-electron chi connectivity index (χ0n) is 10.0. The normalized spacial score (nSPS) is 12.9. The summed E-state index contributed by atoms with van der Waals surface area (Å²) in [6.07, 6.45) is -4.82. The summed E-state index contributed by atoms with van der Waals surface area (Å²) < 4.78 is 38.1. The number of nitrogens with zero attached hydrogens (tertiary/aromatic N) is 2. The first-order valence-corrected chi connectivity index (χ1v) is 5.60. The van der Waals surface area contributed by atoms with Crippen LogP contribution in [-0.4, -0.2) is 10.1 Å². The largest absolute Gasteiger partial charge is 0.423 e. The number of benzene rings is 1. The van der Waals surface area contributed by atoms with Crippen molar-refractivity contribution < 1.29 is 18.1 Å². The van der Waals surface area contributed by atoms with Gasteiger partial charge in [0, 0.05) is 12.0 Å². The summed E-state index contributed by atoms with van der Waals surface area (Å²) in [7, 11) is 0. The second-order valence-electron chi connectivity index (χ2n) is 4.05. The lowest BCUT2D eigenvalue weighted by atomic mass is 10.1. The van der Waals surface area contributed by atoms with Crippen molar-refractivity contribution in [2.75, 3.05) is 0 Å². The highest BCUT2D eigenvalue weighted by molar-refractivity contribution is 6.66. The Hall–Kier alpha value is -1.63. The van der Waals surface area contributed by atoms with Crippen molar-refractivity contribution in [3.05, 3.63) is 33.9 Å². The molecule has 0 bridgehead atoms. The number of alkyl halides is 3. The van der Waals surface area contributed by atoms with E-state index in [2.05, 4.69) is 4.99 Å². The Morgan fingerprint density at radius 1 is 1.42 bits per heavy atom. The molecule has 19 heavy (non-hydrogen) atoms. The van der Waals surface area contributed by atoms with E-state index < -0.39 is 22.4 Å². The van der Waals surface area contributed by atoms with Gasteiger partial charge in [0.2, 0.25) is 0 Å². The summed E-state index contributed by atoms with van der Waals surface area (Å²) in [5, 5.41) is 10.7. The molecule has 1 aromatic carbocycles. The van der Waals surface area contributed by atoms with Crippen molar-refractivity contribution in [2.24, 2.45) is 10.9 Å². The average molecular weight is 295 g/mol. The lowest BCUT2D eigenvalue weighted by molar-refractivity contribution is -0.388. The Labute approximate surface area is 112 Å². The van der Waals surface area contributed by atoms with Crippen LogP contribution in [0.4, 0.5) is 24.5 Å². The van der Waals surface area contributed by atoms with Gasteiger partial charge in [0.25, 0.3) is 5.69 Å². The highest BCUT2D eigenvalue weighted by Gasteiger charge is 2.38. The van der Waals surface area contributed by atoms with Crippen LogP contribution >= 0.6 is 11.6 Å². The second-order valence-corrected chi connectivity index (χ2v) is 4.43. The number of halogens is 4. The molecule has 8 heteroatoms. The Kier molecular flexibility index (Phi) is 4.52. The Bertz CT molecular complexity index is 527. The van der Waals surface area contributed by atoms with Crippen LogP contribution in [0.5, 0.6) is 0 Å². The van der Waals surface area contributed by atoms with Gasteiger partial charge >= 0.3 is 6.18 Å². The van der Waals surface area contributed by atoms with Gasteiger partial charge in [-0.1, -0.05) is 25.4 Å². The van der Waals surface area contributed by atoms with Crippen LogP contribution in [-0.2, 0) is 6.18 Å². The summed E-state index contributed by atoms with van der Waals surface area (Å²) >= 11 is 5.75.